The van der Waals surface area contributed by atoms with Gasteiger partial charge in [0.15, 0.2) is 0 Å². The predicted octanol–water partition coefficient (Wildman–Crippen LogP) is -0.249. The topological polar surface area (TPSA) is 117 Å². The third-order valence-electron chi connectivity index (χ3n) is 1.91. The second kappa shape index (κ2) is 4.42. The van der Waals surface area contributed by atoms with E-state index in [1.165, 1.54) is 0 Å². The van der Waals surface area contributed by atoms with Crippen molar-refractivity contribution in [1.29, 1.82) is 0 Å². The van der Waals surface area contributed by atoms with E-state index in [0.717, 1.165) is 0 Å². The molecular formula is C6H14N4O2. The SMILES string of the molecule is CC(/C(N)=N/O)C(C)/C(N)=N/O. The molecule has 6 N–H and O–H groups in total. The molecule has 0 aromatic rings. The molecule has 70 valence electrons. The molecule has 0 aliphatic heterocycles. The van der Waals surface area contributed by atoms with Crippen molar-refractivity contribution < 1.29 is 10.4 Å². The van der Waals surface area contributed by atoms with E-state index in [0.29, 0.717) is 0 Å². The van der Waals surface area contributed by atoms with E-state index in [4.69, 9.17) is 21.9 Å². The lowest BCUT2D eigenvalue weighted by Crippen LogP contribution is -2.34. The molecule has 0 fully saturated rings. The Morgan fingerprint density at radius 1 is 1.00 bits per heavy atom. The summed E-state index contributed by atoms with van der Waals surface area (Å²) in [5.74, 6) is -0.389. The Labute approximate surface area is 70.5 Å². The van der Waals surface area contributed by atoms with Gasteiger partial charge in [-0.1, -0.05) is 24.2 Å². The summed E-state index contributed by atoms with van der Waals surface area (Å²) >= 11 is 0. The Balaban J connectivity index is 4.39. The molecule has 0 aliphatic rings. The van der Waals surface area contributed by atoms with Crippen molar-refractivity contribution in [3.05, 3.63) is 0 Å². The minimum Gasteiger partial charge on any atom is -0.409 e. The van der Waals surface area contributed by atoms with Gasteiger partial charge >= 0.3 is 0 Å². The van der Waals surface area contributed by atoms with Crippen LogP contribution in [-0.4, -0.2) is 22.1 Å². The smallest absolute Gasteiger partial charge is 0.142 e. The van der Waals surface area contributed by atoms with Gasteiger partial charge in [0.05, 0.1) is 0 Å². The van der Waals surface area contributed by atoms with Crippen molar-refractivity contribution in [1.82, 2.24) is 0 Å². The van der Waals surface area contributed by atoms with Crippen molar-refractivity contribution in [2.24, 2.45) is 33.6 Å². The van der Waals surface area contributed by atoms with Gasteiger partial charge in [0.1, 0.15) is 11.7 Å². The molecule has 0 aliphatic carbocycles. The Bertz CT molecular complexity index is 180. The van der Waals surface area contributed by atoms with Crippen LogP contribution in [0.25, 0.3) is 0 Å². The first-order chi connectivity index (χ1) is 5.54. The first-order valence-electron chi connectivity index (χ1n) is 3.49. The van der Waals surface area contributed by atoms with Crippen molar-refractivity contribution in [3.8, 4) is 0 Å². The molecule has 0 aromatic heterocycles. The lowest BCUT2D eigenvalue weighted by molar-refractivity contribution is 0.307. The van der Waals surface area contributed by atoms with Crippen LogP contribution >= 0.6 is 0 Å². The zero-order chi connectivity index (χ0) is 9.72. The number of hydrogen-bond donors (Lipinski definition) is 4. The molecule has 0 aromatic carbocycles. The molecule has 0 saturated heterocycles. The van der Waals surface area contributed by atoms with Gasteiger partial charge in [0.25, 0.3) is 0 Å². The predicted molar refractivity (Wildman–Crippen MR) is 45.1 cm³/mol. The molecule has 0 heterocycles. The van der Waals surface area contributed by atoms with Crippen LogP contribution in [0, 0.1) is 11.8 Å². The molecule has 6 nitrogen and oxygen atoms in total. The summed E-state index contributed by atoms with van der Waals surface area (Å²) in [6, 6.07) is 0. The van der Waals surface area contributed by atoms with Gasteiger partial charge < -0.3 is 21.9 Å². The lowest BCUT2D eigenvalue weighted by atomic mass is 9.94. The highest BCUT2D eigenvalue weighted by Gasteiger charge is 2.20. The molecule has 0 rings (SSSR count). The van der Waals surface area contributed by atoms with Gasteiger partial charge in [-0.25, -0.2) is 0 Å². The number of amidine groups is 2. The number of nitrogens with zero attached hydrogens (tertiary/aromatic N) is 2. The van der Waals surface area contributed by atoms with E-state index in [9.17, 15) is 0 Å². The summed E-state index contributed by atoms with van der Waals surface area (Å²) < 4.78 is 0. The Morgan fingerprint density at radius 2 is 1.25 bits per heavy atom. The normalized spacial score (nSPS) is 18.8. The van der Waals surface area contributed by atoms with Crippen LogP contribution in [0.5, 0.6) is 0 Å². The van der Waals surface area contributed by atoms with E-state index in [1.54, 1.807) is 13.8 Å². The quantitative estimate of drug-likeness (QED) is 0.204. The summed E-state index contributed by atoms with van der Waals surface area (Å²) in [7, 11) is 0. The Kier molecular flexibility index (Phi) is 3.89. The molecule has 2 atom stereocenters. The number of nitrogens with two attached hydrogens (primary N) is 2. The fourth-order valence-electron chi connectivity index (χ4n) is 0.694. The van der Waals surface area contributed by atoms with Crippen molar-refractivity contribution >= 4 is 11.7 Å². The fourth-order valence-corrected chi connectivity index (χ4v) is 0.694. The average Bonchev–Trinajstić information content (AvgIpc) is 2.12. The standard InChI is InChI=1S/C6H14N4O2/c1-3(5(7)9-11)4(2)6(8)10-12/h3-4,11-12H,1-2H3,(H2,7,9)(H2,8,10). The third kappa shape index (κ3) is 2.30. The van der Waals surface area contributed by atoms with E-state index < -0.39 is 0 Å². The zero-order valence-corrected chi connectivity index (χ0v) is 7.10. The van der Waals surface area contributed by atoms with Gasteiger partial charge in [-0.05, 0) is 0 Å². The number of oxime groups is 2. The van der Waals surface area contributed by atoms with Gasteiger partial charge in [-0.2, -0.15) is 0 Å². The first kappa shape index (κ1) is 10.5. The first-order valence-corrected chi connectivity index (χ1v) is 3.49. The average molecular weight is 174 g/mol. The summed E-state index contributed by atoms with van der Waals surface area (Å²) in [5, 5.41) is 22.3. The highest BCUT2D eigenvalue weighted by molar-refractivity contribution is 5.90. The summed E-state index contributed by atoms with van der Waals surface area (Å²) in [6.07, 6.45) is 0. The second-order valence-corrected chi connectivity index (χ2v) is 2.63. The Hall–Kier alpha value is -1.46. The second-order valence-electron chi connectivity index (χ2n) is 2.63. The molecule has 2 unspecified atom stereocenters. The zero-order valence-electron chi connectivity index (χ0n) is 7.10. The van der Waals surface area contributed by atoms with Crippen LogP contribution in [0.3, 0.4) is 0 Å². The van der Waals surface area contributed by atoms with E-state index in [-0.39, 0.29) is 23.5 Å². The molecule has 6 heteroatoms. The highest BCUT2D eigenvalue weighted by Crippen LogP contribution is 2.10. The Morgan fingerprint density at radius 3 is 1.42 bits per heavy atom. The highest BCUT2D eigenvalue weighted by atomic mass is 16.4. The maximum absolute atomic E-state index is 8.33. The van der Waals surface area contributed by atoms with Crippen molar-refractivity contribution in [3.63, 3.8) is 0 Å². The summed E-state index contributed by atoms with van der Waals surface area (Å²) in [6.45, 7) is 3.44. The largest absolute Gasteiger partial charge is 0.409 e. The van der Waals surface area contributed by atoms with Gasteiger partial charge in [0, 0.05) is 11.8 Å². The van der Waals surface area contributed by atoms with Gasteiger partial charge in [0.2, 0.25) is 0 Å². The van der Waals surface area contributed by atoms with Crippen molar-refractivity contribution in [2.45, 2.75) is 13.8 Å². The van der Waals surface area contributed by atoms with Gasteiger partial charge in [-0.3, -0.25) is 0 Å². The number of hydrogen-bond acceptors (Lipinski definition) is 4. The van der Waals surface area contributed by atoms with Crippen LogP contribution in [0.15, 0.2) is 10.3 Å². The number of rotatable bonds is 3. The van der Waals surface area contributed by atoms with Crippen LogP contribution < -0.4 is 11.5 Å². The minimum atomic E-state index is -0.258. The molecule has 0 amide bonds. The van der Waals surface area contributed by atoms with Crippen LogP contribution in [-0.2, 0) is 0 Å². The van der Waals surface area contributed by atoms with Gasteiger partial charge in [-0.15, -0.1) is 0 Å². The molecule has 0 saturated carbocycles. The lowest BCUT2D eigenvalue weighted by Gasteiger charge is -2.16. The third-order valence-corrected chi connectivity index (χ3v) is 1.91. The summed E-state index contributed by atoms with van der Waals surface area (Å²) in [4.78, 5) is 0. The van der Waals surface area contributed by atoms with Crippen LogP contribution in [0.2, 0.25) is 0 Å². The molecular weight excluding hydrogens is 160 g/mol. The van der Waals surface area contributed by atoms with Crippen LogP contribution in [0.4, 0.5) is 0 Å². The maximum Gasteiger partial charge on any atom is 0.142 e. The van der Waals surface area contributed by atoms with E-state index in [1.807, 2.05) is 0 Å². The van der Waals surface area contributed by atoms with Crippen LogP contribution in [0.1, 0.15) is 13.8 Å². The summed E-state index contributed by atoms with van der Waals surface area (Å²) in [5.41, 5.74) is 10.6. The minimum absolute atomic E-state index is 0.0640. The van der Waals surface area contributed by atoms with E-state index >= 15 is 0 Å². The molecule has 0 bridgehead atoms. The molecule has 0 spiro atoms. The monoisotopic (exact) mass is 174 g/mol. The van der Waals surface area contributed by atoms with Crippen molar-refractivity contribution in [2.75, 3.05) is 0 Å². The molecule has 0 radical (unpaired) electrons. The molecule has 12 heavy (non-hydrogen) atoms. The fraction of sp³-hybridized carbons (Fsp3) is 0.667. The van der Waals surface area contributed by atoms with E-state index in [2.05, 4.69) is 10.3 Å². The maximum atomic E-state index is 8.33.